The van der Waals surface area contributed by atoms with Crippen molar-refractivity contribution in [1.29, 1.82) is 10.7 Å². The van der Waals surface area contributed by atoms with E-state index in [0.717, 1.165) is 0 Å². The van der Waals surface area contributed by atoms with Gasteiger partial charge in [-0.05, 0) is 12.1 Å². The number of nitrogens with zero attached hydrogens (tertiary/aromatic N) is 1. The average Bonchev–Trinajstić information content (AvgIpc) is 2.04. The topological polar surface area (TPSA) is 73.7 Å². The first-order valence-corrected chi connectivity index (χ1v) is 3.09. The highest BCUT2D eigenvalue weighted by Gasteiger charge is 2.01. The summed E-state index contributed by atoms with van der Waals surface area (Å²) in [5.74, 6) is -0.0675. The third-order valence-electron chi connectivity index (χ3n) is 1.34. The Morgan fingerprint density at radius 3 is 2.55 bits per heavy atom. The molecule has 0 aliphatic carbocycles. The fraction of sp³-hybridized carbons (Fsp3) is 0. The van der Waals surface area contributed by atoms with Gasteiger partial charge in [0.1, 0.15) is 5.84 Å². The molecule has 0 aromatic heterocycles. The Morgan fingerprint density at radius 1 is 1.45 bits per heavy atom. The molecule has 0 aliphatic rings. The Bertz CT molecular complexity index is 322. The molecule has 3 nitrogen and oxygen atoms in total. The van der Waals surface area contributed by atoms with Crippen molar-refractivity contribution in [2.75, 3.05) is 0 Å². The number of amidine groups is 1. The van der Waals surface area contributed by atoms with Crippen LogP contribution >= 0.6 is 0 Å². The lowest BCUT2D eigenvalue weighted by Crippen LogP contribution is -2.12. The number of nitrogens with two attached hydrogens (primary N) is 1. The molecular formula is C8H7N3. The molecule has 1 aromatic carbocycles. The van der Waals surface area contributed by atoms with Gasteiger partial charge in [-0.25, -0.2) is 0 Å². The molecule has 1 rings (SSSR count). The van der Waals surface area contributed by atoms with Crippen molar-refractivity contribution in [3.05, 3.63) is 35.4 Å². The lowest BCUT2D eigenvalue weighted by atomic mass is 10.1. The van der Waals surface area contributed by atoms with E-state index in [1.54, 1.807) is 24.3 Å². The second-order valence-electron chi connectivity index (χ2n) is 2.07. The zero-order valence-corrected chi connectivity index (χ0v) is 5.83. The number of nitrogen functional groups attached to an aromatic ring is 1. The van der Waals surface area contributed by atoms with Crippen molar-refractivity contribution < 1.29 is 0 Å². The van der Waals surface area contributed by atoms with Crippen molar-refractivity contribution in [3.8, 4) is 6.07 Å². The minimum Gasteiger partial charge on any atom is -0.384 e. The monoisotopic (exact) mass is 145 g/mol. The Kier molecular flexibility index (Phi) is 1.88. The van der Waals surface area contributed by atoms with Gasteiger partial charge in [0.15, 0.2) is 0 Å². The van der Waals surface area contributed by atoms with Gasteiger partial charge in [0, 0.05) is 5.56 Å². The van der Waals surface area contributed by atoms with Gasteiger partial charge in [0.2, 0.25) is 0 Å². The normalized spacial score (nSPS) is 8.64. The first kappa shape index (κ1) is 7.29. The molecule has 0 amide bonds. The summed E-state index contributed by atoms with van der Waals surface area (Å²) in [5, 5.41) is 15.7. The van der Waals surface area contributed by atoms with Crippen LogP contribution < -0.4 is 5.73 Å². The first-order valence-electron chi connectivity index (χ1n) is 3.09. The molecule has 1 aromatic rings. The van der Waals surface area contributed by atoms with Crippen molar-refractivity contribution in [1.82, 2.24) is 0 Å². The van der Waals surface area contributed by atoms with Crippen molar-refractivity contribution in [2.45, 2.75) is 0 Å². The molecule has 3 heteroatoms. The van der Waals surface area contributed by atoms with Gasteiger partial charge in [0.25, 0.3) is 0 Å². The van der Waals surface area contributed by atoms with E-state index >= 15 is 0 Å². The van der Waals surface area contributed by atoms with Gasteiger partial charge in [-0.15, -0.1) is 0 Å². The summed E-state index contributed by atoms with van der Waals surface area (Å²) in [7, 11) is 0. The van der Waals surface area contributed by atoms with Crippen LogP contribution in [0.5, 0.6) is 0 Å². The van der Waals surface area contributed by atoms with Crippen molar-refractivity contribution >= 4 is 5.84 Å². The van der Waals surface area contributed by atoms with Crippen molar-refractivity contribution in [3.63, 3.8) is 0 Å². The van der Waals surface area contributed by atoms with Crippen LogP contribution in [0.15, 0.2) is 24.3 Å². The van der Waals surface area contributed by atoms with Crippen molar-refractivity contribution in [2.24, 2.45) is 5.73 Å². The third-order valence-corrected chi connectivity index (χ3v) is 1.34. The molecular weight excluding hydrogens is 138 g/mol. The fourth-order valence-corrected chi connectivity index (χ4v) is 0.815. The number of rotatable bonds is 1. The zero-order valence-electron chi connectivity index (χ0n) is 5.83. The lowest BCUT2D eigenvalue weighted by molar-refractivity contribution is 1.40. The van der Waals surface area contributed by atoms with Gasteiger partial charge < -0.3 is 5.73 Å². The molecule has 3 N–H and O–H groups in total. The second-order valence-corrected chi connectivity index (χ2v) is 2.07. The Hall–Kier alpha value is -1.82. The van der Waals surface area contributed by atoms with E-state index in [-0.39, 0.29) is 5.84 Å². The number of hydrogen-bond donors (Lipinski definition) is 2. The number of nitriles is 1. The maximum absolute atomic E-state index is 8.57. The van der Waals surface area contributed by atoms with E-state index in [1.807, 2.05) is 6.07 Å². The van der Waals surface area contributed by atoms with Crippen LogP contribution in [0.1, 0.15) is 11.1 Å². The zero-order chi connectivity index (χ0) is 8.27. The highest BCUT2D eigenvalue weighted by Crippen LogP contribution is 2.04. The molecule has 0 unspecified atom stereocenters. The van der Waals surface area contributed by atoms with Gasteiger partial charge in [-0.2, -0.15) is 5.26 Å². The summed E-state index contributed by atoms with van der Waals surface area (Å²) in [4.78, 5) is 0. The van der Waals surface area contributed by atoms with E-state index in [9.17, 15) is 0 Å². The van der Waals surface area contributed by atoms with Crippen LogP contribution in [0.3, 0.4) is 0 Å². The predicted molar refractivity (Wildman–Crippen MR) is 42.2 cm³/mol. The van der Waals surface area contributed by atoms with Crippen LogP contribution in [0.4, 0.5) is 0 Å². The van der Waals surface area contributed by atoms with Gasteiger partial charge >= 0.3 is 0 Å². The molecule has 11 heavy (non-hydrogen) atoms. The van der Waals surface area contributed by atoms with Crippen LogP contribution in [0.25, 0.3) is 0 Å². The molecule has 0 atom stereocenters. The van der Waals surface area contributed by atoms with Crippen LogP contribution in [0.2, 0.25) is 0 Å². The Balaban J connectivity index is 3.26. The van der Waals surface area contributed by atoms with E-state index in [4.69, 9.17) is 16.4 Å². The molecule has 54 valence electrons. The van der Waals surface area contributed by atoms with Gasteiger partial charge in [-0.3, -0.25) is 5.41 Å². The highest BCUT2D eigenvalue weighted by molar-refractivity contribution is 5.97. The minimum atomic E-state index is -0.0675. The van der Waals surface area contributed by atoms with Crippen LogP contribution in [0, 0.1) is 16.7 Å². The second kappa shape index (κ2) is 2.84. The number of nitrogens with one attached hydrogen (secondary N) is 1. The molecule has 0 aliphatic heterocycles. The van der Waals surface area contributed by atoms with E-state index in [1.165, 1.54) is 0 Å². The molecule has 0 bridgehead atoms. The minimum absolute atomic E-state index is 0.0675. The molecule has 0 saturated heterocycles. The quantitative estimate of drug-likeness (QED) is 0.454. The summed E-state index contributed by atoms with van der Waals surface area (Å²) in [6, 6.07) is 8.73. The first-order chi connectivity index (χ1) is 5.25. The van der Waals surface area contributed by atoms with E-state index in [2.05, 4.69) is 0 Å². The molecule has 0 heterocycles. The number of hydrogen-bond acceptors (Lipinski definition) is 2. The summed E-state index contributed by atoms with van der Waals surface area (Å²) < 4.78 is 0. The number of benzene rings is 1. The SMILES string of the molecule is N#Cc1ccccc1C(=N)N. The largest absolute Gasteiger partial charge is 0.384 e. The Labute approximate surface area is 64.6 Å². The average molecular weight is 145 g/mol. The third kappa shape index (κ3) is 1.36. The standard InChI is InChI=1S/C8H7N3/c9-5-6-3-1-2-4-7(6)8(10)11/h1-4H,(H3,10,11). The maximum atomic E-state index is 8.57. The van der Waals surface area contributed by atoms with E-state index in [0.29, 0.717) is 11.1 Å². The molecule has 0 spiro atoms. The smallest absolute Gasteiger partial charge is 0.124 e. The summed E-state index contributed by atoms with van der Waals surface area (Å²) in [6.07, 6.45) is 0. The lowest BCUT2D eigenvalue weighted by Gasteiger charge is -1.98. The molecule has 0 saturated carbocycles. The summed E-state index contributed by atoms with van der Waals surface area (Å²) >= 11 is 0. The maximum Gasteiger partial charge on any atom is 0.124 e. The summed E-state index contributed by atoms with van der Waals surface area (Å²) in [5.41, 5.74) is 6.16. The van der Waals surface area contributed by atoms with Gasteiger partial charge in [-0.1, -0.05) is 12.1 Å². The molecule has 0 fully saturated rings. The Morgan fingerprint density at radius 2 is 2.09 bits per heavy atom. The predicted octanol–water partition coefficient (Wildman–Crippen LogP) is 0.842. The van der Waals surface area contributed by atoms with E-state index < -0.39 is 0 Å². The molecule has 0 radical (unpaired) electrons. The van der Waals surface area contributed by atoms with Crippen LogP contribution in [-0.4, -0.2) is 5.84 Å². The summed E-state index contributed by atoms with van der Waals surface area (Å²) in [6.45, 7) is 0. The fourth-order valence-electron chi connectivity index (χ4n) is 0.815. The van der Waals surface area contributed by atoms with Gasteiger partial charge in [0.05, 0.1) is 11.6 Å². The van der Waals surface area contributed by atoms with Crippen LogP contribution in [-0.2, 0) is 0 Å². The highest BCUT2D eigenvalue weighted by atomic mass is 14.7.